The van der Waals surface area contributed by atoms with Crippen LogP contribution < -0.4 is 0 Å². The van der Waals surface area contributed by atoms with Crippen molar-refractivity contribution in [3.63, 3.8) is 0 Å². The molecule has 0 aliphatic carbocycles. The van der Waals surface area contributed by atoms with Gasteiger partial charge in [0.1, 0.15) is 0 Å². The minimum Gasteiger partial charge on any atom is -0.254 e. The number of allylic oxidation sites excluding steroid dienone is 2. The molecule has 0 saturated carbocycles. The summed E-state index contributed by atoms with van der Waals surface area (Å²) < 4.78 is 0. The average molecular weight is 201 g/mol. The normalized spacial score (nSPS) is 11.9. The van der Waals surface area contributed by atoms with Crippen LogP contribution >= 0.6 is 0 Å². The third kappa shape index (κ3) is 4.11. The molecular formula is C14H19N. The van der Waals surface area contributed by atoms with Crippen molar-refractivity contribution in [3.8, 4) is 0 Å². The molecule has 1 nitrogen and oxygen atoms in total. The SMILES string of the molecule is C=CC(C)(C)C/C=C/c1cccc(C)n1. The van der Waals surface area contributed by atoms with Crippen molar-refractivity contribution in [3.05, 3.63) is 48.3 Å². The van der Waals surface area contributed by atoms with E-state index in [2.05, 4.69) is 37.6 Å². The Kier molecular flexibility index (Phi) is 3.84. The third-order valence-corrected chi connectivity index (χ3v) is 2.40. The van der Waals surface area contributed by atoms with Gasteiger partial charge in [-0.05, 0) is 37.0 Å². The van der Waals surface area contributed by atoms with Crippen molar-refractivity contribution in [2.24, 2.45) is 5.41 Å². The lowest BCUT2D eigenvalue weighted by Crippen LogP contribution is -2.03. The molecule has 1 heteroatoms. The molecule has 0 N–H and O–H groups in total. The van der Waals surface area contributed by atoms with Gasteiger partial charge in [-0.1, -0.05) is 32.1 Å². The molecule has 0 aliphatic heterocycles. The van der Waals surface area contributed by atoms with Gasteiger partial charge in [-0.3, -0.25) is 4.98 Å². The van der Waals surface area contributed by atoms with Gasteiger partial charge in [0.25, 0.3) is 0 Å². The zero-order valence-electron chi connectivity index (χ0n) is 9.83. The first kappa shape index (κ1) is 11.7. The zero-order chi connectivity index (χ0) is 11.3. The summed E-state index contributed by atoms with van der Waals surface area (Å²) in [4.78, 5) is 4.41. The van der Waals surface area contributed by atoms with Crippen molar-refractivity contribution >= 4 is 6.08 Å². The number of rotatable bonds is 4. The largest absolute Gasteiger partial charge is 0.254 e. The highest BCUT2D eigenvalue weighted by Gasteiger charge is 2.09. The molecule has 0 amide bonds. The van der Waals surface area contributed by atoms with Crippen LogP contribution in [0.15, 0.2) is 36.9 Å². The Hall–Kier alpha value is -1.37. The van der Waals surface area contributed by atoms with Gasteiger partial charge >= 0.3 is 0 Å². The number of pyridine rings is 1. The summed E-state index contributed by atoms with van der Waals surface area (Å²) in [7, 11) is 0. The Labute approximate surface area is 92.6 Å². The van der Waals surface area contributed by atoms with Gasteiger partial charge in [0.15, 0.2) is 0 Å². The van der Waals surface area contributed by atoms with E-state index < -0.39 is 0 Å². The number of nitrogens with zero attached hydrogens (tertiary/aromatic N) is 1. The lowest BCUT2D eigenvalue weighted by Gasteiger charge is -2.16. The molecular weight excluding hydrogens is 182 g/mol. The second kappa shape index (κ2) is 4.92. The van der Waals surface area contributed by atoms with E-state index >= 15 is 0 Å². The van der Waals surface area contributed by atoms with E-state index in [0.29, 0.717) is 0 Å². The van der Waals surface area contributed by atoms with Gasteiger partial charge in [0, 0.05) is 5.69 Å². The summed E-state index contributed by atoms with van der Waals surface area (Å²) in [6, 6.07) is 6.05. The second-order valence-corrected chi connectivity index (χ2v) is 4.50. The predicted octanol–water partition coefficient (Wildman–Crippen LogP) is 4.01. The highest BCUT2D eigenvalue weighted by atomic mass is 14.7. The van der Waals surface area contributed by atoms with Gasteiger partial charge in [-0.25, -0.2) is 0 Å². The molecule has 80 valence electrons. The lowest BCUT2D eigenvalue weighted by molar-refractivity contribution is 0.491. The molecule has 0 aromatic carbocycles. The van der Waals surface area contributed by atoms with Crippen molar-refractivity contribution in [2.75, 3.05) is 0 Å². The van der Waals surface area contributed by atoms with Crippen LogP contribution in [0.5, 0.6) is 0 Å². The third-order valence-electron chi connectivity index (χ3n) is 2.40. The predicted molar refractivity (Wildman–Crippen MR) is 66.6 cm³/mol. The molecule has 1 aromatic rings. The molecule has 0 unspecified atom stereocenters. The molecule has 0 aliphatic rings. The van der Waals surface area contributed by atoms with Crippen LogP contribution in [-0.2, 0) is 0 Å². The maximum absolute atomic E-state index is 4.41. The van der Waals surface area contributed by atoms with Gasteiger partial charge in [-0.15, -0.1) is 6.58 Å². The van der Waals surface area contributed by atoms with E-state index in [1.54, 1.807) is 0 Å². The van der Waals surface area contributed by atoms with Crippen molar-refractivity contribution < 1.29 is 0 Å². The summed E-state index contributed by atoms with van der Waals surface area (Å²) in [6.45, 7) is 10.2. The Bertz CT molecular complexity index is 361. The second-order valence-electron chi connectivity index (χ2n) is 4.50. The summed E-state index contributed by atoms with van der Waals surface area (Å²) in [5.74, 6) is 0. The van der Waals surface area contributed by atoms with Crippen LogP contribution in [-0.4, -0.2) is 4.98 Å². The topological polar surface area (TPSA) is 12.9 Å². The molecule has 15 heavy (non-hydrogen) atoms. The number of aromatic nitrogens is 1. The highest BCUT2D eigenvalue weighted by Crippen LogP contribution is 2.22. The molecule has 1 rings (SSSR count). The van der Waals surface area contributed by atoms with E-state index in [4.69, 9.17) is 0 Å². The number of hydrogen-bond donors (Lipinski definition) is 0. The van der Waals surface area contributed by atoms with E-state index in [1.165, 1.54) is 0 Å². The first-order valence-electron chi connectivity index (χ1n) is 5.27. The van der Waals surface area contributed by atoms with Crippen molar-refractivity contribution in [2.45, 2.75) is 27.2 Å². The Balaban J connectivity index is 2.63. The Morgan fingerprint density at radius 2 is 2.13 bits per heavy atom. The van der Waals surface area contributed by atoms with Crippen molar-refractivity contribution in [1.82, 2.24) is 4.98 Å². The summed E-state index contributed by atoms with van der Waals surface area (Å²) in [5.41, 5.74) is 2.25. The van der Waals surface area contributed by atoms with Gasteiger partial charge in [-0.2, -0.15) is 0 Å². The lowest BCUT2D eigenvalue weighted by atomic mass is 9.89. The molecule has 0 spiro atoms. The molecule has 0 radical (unpaired) electrons. The summed E-state index contributed by atoms with van der Waals surface area (Å²) in [6.07, 6.45) is 7.20. The molecule has 0 saturated heterocycles. The van der Waals surface area contributed by atoms with Crippen molar-refractivity contribution in [1.29, 1.82) is 0 Å². The van der Waals surface area contributed by atoms with E-state index in [9.17, 15) is 0 Å². The van der Waals surface area contributed by atoms with Gasteiger partial charge in [0.05, 0.1) is 5.69 Å². The first-order chi connectivity index (χ1) is 7.03. The van der Waals surface area contributed by atoms with Crippen LogP contribution in [0.1, 0.15) is 31.7 Å². The minimum absolute atomic E-state index is 0.167. The van der Waals surface area contributed by atoms with E-state index in [-0.39, 0.29) is 5.41 Å². The molecule has 0 bridgehead atoms. The van der Waals surface area contributed by atoms with Crippen LogP contribution in [0.25, 0.3) is 6.08 Å². The minimum atomic E-state index is 0.167. The molecule has 0 atom stereocenters. The maximum atomic E-state index is 4.41. The first-order valence-corrected chi connectivity index (χ1v) is 5.27. The summed E-state index contributed by atoms with van der Waals surface area (Å²) >= 11 is 0. The van der Waals surface area contributed by atoms with Crippen LogP contribution in [0.4, 0.5) is 0 Å². The monoisotopic (exact) mass is 201 g/mol. The smallest absolute Gasteiger partial charge is 0.0629 e. The number of hydrogen-bond acceptors (Lipinski definition) is 1. The van der Waals surface area contributed by atoms with E-state index in [1.807, 2.05) is 31.2 Å². The fourth-order valence-electron chi connectivity index (χ4n) is 1.22. The highest BCUT2D eigenvalue weighted by molar-refractivity contribution is 5.44. The fraction of sp³-hybridized carbons (Fsp3) is 0.357. The van der Waals surface area contributed by atoms with Crippen LogP contribution in [0.3, 0.4) is 0 Å². The Morgan fingerprint density at radius 3 is 2.73 bits per heavy atom. The summed E-state index contributed by atoms with van der Waals surface area (Å²) in [5, 5.41) is 0. The molecule has 1 heterocycles. The number of aryl methyl sites for hydroxylation is 1. The van der Waals surface area contributed by atoms with Gasteiger partial charge in [0.2, 0.25) is 0 Å². The Morgan fingerprint density at radius 1 is 1.40 bits per heavy atom. The molecule has 1 aromatic heterocycles. The molecule has 0 fully saturated rings. The van der Waals surface area contributed by atoms with Gasteiger partial charge < -0.3 is 0 Å². The van der Waals surface area contributed by atoms with E-state index in [0.717, 1.165) is 17.8 Å². The maximum Gasteiger partial charge on any atom is 0.0629 e. The standard InChI is InChI=1S/C14H19N/c1-5-14(3,4)11-7-10-13-9-6-8-12(2)15-13/h5-10H,1,11H2,2-4H3/b10-7+. The average Bonchev–Trinajstić information content (AvgIpc) is 2.18. The van der Waals surface area contributed by atoms with Crippen LogP contribution in [0, 0.1) is 12.3 Å². The van der Waals surface area contributed by atoms with Crippen LogP contribution in [0.2, 0.25) is 0 Å². The zero-order valence-corrected chi connectivity index (χ0v) is 9.83. The fourth-order valence-corrected chi connectivity index (χ4v) is 1.22. The quantitative estimate of drug-likeness (QED) is 0.671.